The van der Waals surface area contributed by atoms with E-state index in [-0.39, 0.29) is 5.97 Å². The van der Waals surface area contributed by atoms with Gasteiger partial charge in [-0.2, -0.15) is 0 Å². The first-order valence-corrected chi connectivity index (χ1v) is 9.02. The van der Waals surface area contributed by atoms with Gasteiger partial charge < -0.3 is 4.74 Å². The third-order valence-corrected chi connectivity index (χ3v) is 3.78. The van der Waals surface area contributed by atoms with E-state index in [1.807, 2.05) is 0 Å². The molecule has 0 aromatic carbocycles. The van der Waals surface area contributed by atoms with Gasteiger partial charge >= 0.3 is 5.97 Å². The number of esters is 1. The summed E-state index contributed by atoms with van der Waals surface area (Å²) >= 11 is 0. The van der Waals surface area contributed by atoms with Crippen LogP contribution in [0.4, 0.5) is 0 Å². The van der Waals surface area contributed by atoms with Crippen LogP contribution in [0.1, 0.15) is 96.8 Å². The van der Waals surface area contributed by atoms with Crippen LogP contribution in [0, 0.1) is 13.8 Å². The highest BCUT2D eigenvalue weighted by Gasteiger charge is 2.04. The molecule has 0 saturated carbocycles. The molecule has 0 heterocycles. The fourth-order valence-electron chi connectivity index (χ4n) is 2.53. The molecule has 0 aromatic rings. The van der Waals surface area contributed by atoms with Gasteiger partial charge in [0, 0.05) is 6.42 Å². The van der Waals surface area contributed by atoms with Gasteiger partial charge in [-0.1, -0.05) is 84.0 Å². The number of unbranched alkanes of at least 4 members (excludes halogenated alkanes) is 12. The molecule has 124 valence electrons. The highest BCUT2D eigenvalue weighted by Crippen LogP contribution is 2.13. The average molecular weight is 296 g/mol. The van der Waals surface area contributed by atoms with Gasteiger partial charge in [-0.3, -0.25) is 4.79 Å². The first kappa shape index (κ1) is 20.5. The van der Waals surface area contributed by atoms with Crippen molar-refractivity contribution in [2.24, 2.45) is 0 Å². The van der Waals surface area contributed by atoms with E-state index in [9.17, 15) is 4.79 Å². The van der Waals surface area contributed by atoms with Gasteiger partial charge in [0.25, 0.3) is 0 Å². The summed E-state index contributed by atoms with van der Waals surface area (Å²) in [6, 6.07) is 0. The Kier molecular flexibility index (Phi) is 15.5. The van der Waals surface area contributed by atoms with E-state index in [4.69, 9.17) is 4.74 Å². The number of rotatable bonds is 15. The van der Waals surface area contributed by atoms with Crippen molar-refractivity contribution >= 4 is 5.97 Å². The van der Waals surface area contributed by atoms with Crippen molar-refractivity contribution in [2.75, 3.05) is 0 Å². The number of hydrogen-bond acceptors (Lipinski definition) is 2. The van der Waals surface area contributed by atoms with Gasteiger partial charge in [0.2, 0.25) is 0 Å². The van der Waals surface area contributed by atoms with Crippen molar-refractivity contribution < 1.29 is 9.53 Å². The minimum Gasteiger partial charge on any atom is -0.462 e. The summed E-state index contributed by atoms with van der Waals surface area (Å²) in [4.78, 5) is 11.3. The predicted molar refractivity (Wildman–Crippen MR) is 90.9 cm³/mol. The third kappa shape index (κ3) is 17.4. The molecule has 0 amide bonds. The van der Waals surface area contributed by atoms with E-state index in [1.165, 1.54) is 70.6 Å². The molecule has 0 rings (SSSR count). The molecule has 0 N–H and O–H groups in total. The quantitative estimate of drug-likeness (QED) is 0.272. The molecular weight excluding hydrogens is 260 g/mol. The van der Waals surface area contributed by atoms with Crippen LogP contribution in [0.5, 0.6) is 0 Å². The monoisotopic (exact) mass is 296 g/mol. The Morgan fingerprint density at radius 3 is 1.52 bits per heavy atom. The van der Waals surface area contributed by atoms with Crippen molar-refractivity contribution in [1.29, 1.82) is 0 Å². The SMILES string of the molecule is [CH2]C([CH2])OC(=O)CCCCCCCCCCCCCCC. The van der Waals surface area contributed by atoms with E-state index in [1.54, 1.807) is 0 Å². The Morgan fingerprint density at radius 1 is 0.762 bits per heavy atom. The van der Waals surface area contributed by atoms with Crippen LogP contribution < -0.4 is 0 Å². The fourth-order valence-corrected chi connectivity index (χ4v) is 2.53. The van der Waals surface area contributed by atoms with E-state index in [0.717, 1.165) is 12.8 Å². The zero-order valence-electron chi connectivity index (χ0n) is 14.2. The molecule has 0 atom stereocenters. The van der Waals surface area contributed by atoms with Gasteiger partial charge in [0.15, 0.2) is 0 Å². The summed E-state index contributed by atoms with van der Waals surface area (Å²) in [7, 11) is 0. The van der Waals surface area contributed by atoms with Crippen LogP contribution in [0.2, 0.25) is 0 Å². The Labute approximate surface area is 133 Å². The van der Waals surface area contributed by atoms with Crippen molar-refractivity contribution in [3.8, 4) is 0 Å². The summed E-state index contributed by atoms with van der Waals surface area (Å²) in [5.74, 6) is -0.159. The molecule has 0 aromatic heterocycles. The molecule has 0 unspecified atom stereocenters. The highest BCUT2D eigenvalue weighted by atomic mass is 16.5. The van der Waals surface area contributed by atoms with Gasteiger partial charge in [-0.05, 0) is 20.3 Å². The van der Waals surface area contributed by atoms with Crippen LogP contribution in [0.25, 0.3) is 0 Å². The maximum Gasteiger partial charge on any atom is 0.306 e. The summed E-state index contributed by atoms with van der Waals surface area (Å²) in [5.41, 5.74) is 0. The van der Waals surface area contributed by atoms with Gasteiger partial charge in [0.1, 0.15) is 6.10 Å². The first-order valence-electron chi connectivity index (χ1n) is 9.02. The maximum atomic E-state index is 11.3. The molecule has 0 bridgehead atoms. The molecule has 0 spiro atoms. The van der Waals surface area contributed by atoms with Crippen LogP contribution >= 0.6 is 0 Å². The normalized spacial score (nSPS) is 11.0. The molecule has 0 aliphatic rings. The Hall–Kier alpha value is -0.530. The zero-order chi connectivity index (χ0) is 15.8. The molecule has 21 heavy (non-hydrogen) atoms. The molecule has 0 fully saturated rings. The van der Waals surface area contributed by atoms with Crippen molar-refractivity contribution in [3.63, 3.8) is 0 Å². The van der Waals surface area contributed by atoms with Gasteiger partial charge in [0.05, 0.1) is 0 Å². The smallest absolute Gasteiger partial charge is 0.306 e. The summed E-state index contributed by atoms with van der Waals surface area (Å²) in [5, 5.41) is 0. The van der Waals surface area contributed by atoms with E-state index < -0.39 is 6.10 Å². The summed E-state index contributed by atoms with van der Waals surface area (Å²) in [6.07, 6.45) is 17.2. The topological polar surface area (TPSA) is 26.3 Å². The fraction of sp³-hybridized carbons (Fsp3) is 0.842. The summed E-state index contributed by atoms with van der Waals surface area (Å²) in [6.45, 7) is 9.34. The third-order valence-electron chi connectivity index (χ3n) is 3.78. The second kappa shape index (κ2) is 15.9. The van der Waals surface area contributed by atoms with E-state index in [0.29, 0.717) is 6.42 Å². The maximum absolute atomic E-state index is 11.3. The Morgan fingerprint density at radius 2 is 1.14 bits per heavy atom. The van der Waals surface area contributed by atoms with Crippen molar-refractivity contribution in [1.82, 2.24) is 0 Å². The largest absolute Gasteiger partial charge is 0.462 e. The number of carbonyl (C=O) groups is 1. The standard InChI is InChI=1S/C19H36O2/c1-4-5-6-7-8-9-10-11-12-13-14-15-16-17-19(20)21-18(2)3/h18H,2-17H2,1H3. The van der Waals surface area contributed by atoms with E-state index in [2.05, 4.69) is 20.8 Å². The Balaban J connectivity index is 3.07. The molecule has 2 heteroatoms. The first-order chi connectivity index (χ1) is 10.2. The molecule has 0 aliphatic heterocycles. The zero-order valence-corrected chi connectivity index (χ0v) is 14.2. The second-order valence-electron chi connectivity index (χ2n) is 6.10. The van der Waals surface area contributed by atoms with E-state index >= 15 is 0 Å². The molecule has 0 aliphatic carbocycles. The lowest BCUT2D eigenvalue weighted by molar-refractivity contribution is -0.145. The van der Waals surface area contributed by atoms with Crippen molar-refractivity contribution in [3.05, 3.63) is 13.8 Å². The van der Waals surface area contributed by atoms with Gasteiger partial charge in [-0.15, -0.1) is 0 Å². The molecule has 2 nitrogen and oxygen atoms in total. The summed E-state index contributed by atoms with van der Waals surface area (Å²) < 4.78 is 4.90. The number of hydrogen-bond donors (Lipinski definition) is 0. The van der Waals surface area contributed by atoms with Crippen molar-refractivity contribution in [2.45, 2.75) is 103 Å². The predicted octanol–water partition coefficient (Wildman–Crippen LogP) is 6.05. The van der Waals surface area contributed by atoms with Gasteiger partial charge in [-0.25, -0.2) is 0 Å². The average Bonchev–Trinajstić information content (AvgIpc) is 2.43. The minimum absolute atomic E-state index is 0.159. The lowest BCUT2D eigenvalue weighted by Gasteiger charge is -2.07. The van der Waals surface area contributed by atoms with Crippen LogP contribution in [-0.4, -0.2) is 12.1 Å². The lowest BCUT2D eigenvalue weighted by Crippen LogP contribution is -2.11. The molecular formula is C19H36O2. The van der Waals surface area contributed by atoms with Crippen LogP contribution in [0.15, 0.2) is 0 Å². The number of ether oxygens (including phenoxy) is 1. The highest BCUT2D eigenvalue weighted by molar-refractivity contribution is 5.69. The number of carbonyl (C=O) groups excluding carboxylic acids is 1. The molecule has 0 saturated heterocycles. The van der Waals surface area contributed by atoms with Crippen LogP contribution in [-0.2, 0) is 9.53 Å². The minimum atomic E-state index is -0.473. The molecule has 2 radical (unpaired) electrons. The Bertz CT molecular complexity index is 224. The lowest BCUT2D eigenvalue weighted by atomic mass is 10.0. The second-order valence-corrected chi connectivity index (χ2v) is 6.10. The van der Waals surface area contributed by atoms with Crippen LogP contribution in [0.3, 0.4) is 0 Å².